The van der Waals surface area contributed by atoms with Gasteiger partial charge < -0.3 is 19.9 Å². The normalized spacial score (nSPS) is 23.8. The van der Waals surface area contributed by atoms with Crippen LogP contribution in [-0.4, -0.2) is 43.6 Å². The van der Waals surface area contributed by atoms with E-state index in [4.69, 9.17) is 21.1 Å². The molecule has 3 unspecified atom stereocenters. The molecule has 3 atom stereocenters. The molecule has 0 radical (unpaired) electrons. The minimum absolute atomic E-state index is 0.258. The molecule has 1 aromatic rings. The number of aliphatic hydroxyl groups is 1. The van der Waals surface area contributed by atoms with Crippen molar-refractivity contribution in [2.75, 3.05) is 20.3 Å². The van der Waals surface area contributed by atoms with Gasteiger partial charge in [-0.2, -0.15) is 0 Å². The highest BCUT2D eigenvalue weighted by Gasteiger charge is 2.24. The van der Waals surface area contributed by atoms with E-state index in [1.54, 1.807) is 19.2 Å². The van der Waals surface area contributed by atoms with E-state index in [0.29, 0.717) is 29.5 Å². The van der Waals surface area contributed by atoms with Gasteiger partial charge in [0.15, 0.2) is 0 Å². The molecule has 0 aliphatic heterocycles. The second-order valence-electron chi connectivity index (χ2n) is 5.20. The molecule has 20 heavy (non-hydrogen) atoms. The fraction of sp³-hybridized carbons (Fsp3) is 0.600. The molecule has 0 amide bonds. The van der Waals surface area contributed by atoms with Crippen LogP contribution in [0.5, 0.6) is 5.75 Å². The summed E-state index contributed by atoms with van der Waals surface area (Å²) in [5, 5.41) is 13.9. The summed E-state index contributed by atoms with van der Waals surface area (Å²) in [6.07, 6.45) is 3.02. The van der Waals surface area contributed by atoms with Gasteiger partial charge in [0.25, 0.3) is 0 Å². The van der Waals surface area contributed by atoms with Crippen molar-refractivity contribution in [2.45, 2.75) is 37.5 Å². The molecule has 0 saturated heterocycles. The SMILES string of the molecule is COC1CCC(NCC(O)COc2cccc(Cl)c2)C1. The molecular formula is C15H22ClNO3. The third-order valence-corrected chi connectivity index (χ3v) is 3.83. The Morgan fingerprint density at radius 3 is 3.00 bits per heavy atom. The minimum Gasteiger partial charge on any atom is -0.491 e. The van der Waals surface area contributed by atoms with Crippen LogP contribution in [0.3, 0.4) is 0 Å². The summed E-state index contributed by atoms with van der Waals surface area (Å²) in [6.45, 7) is 0.787. The predicted octanol–water partition coefficient (Wildman–Crippen LogP) is 2.24. The average Bonchev–Trinajstić information content (AvgIpc) is 2.91. The number of nitrogens with one attached hydrogen (secondary N) is 1. The van der Waals surface area contributed by atoms with Gasteiger partial charge in [-0.25, -0.2) is 0 Å². The van der Waals surface area contributed by atoms with Crippen molar-refractivity contribution in [3.63, 3.8) is 0 Å². The van der Waals surface area contributed by atoms with Gasteiger partial charge in [-0.05, 0) is 37.5 Å². The zero-order valence-electron chi connectivity index (χ0n) is 11.7. The Kier molecular flexibility index (Phi) is 6.10. The maximum absolute atomic E-state index is 9.91. The largest absolute Gasteiger partial charge is 0.491 e. The van der Waals surface area contributed by atoms with Crippen LogP contribution in [0.15, 0.2) is 24.3 Å². The number of hydrogen-bond donors (Lipinski definition) is 2. The van der Waals surface area contributed by atoms with Gasteiger partial charge in [0, 0.05) is 24.7 Å². The van der Waals surface area contributed by atoms with Gasteiger partial charge in [0.1, 0.15) is 18.5 Å². The molecule has 4 nitrogen and oxygen atoms in total. The van der Waals surface area contributed by atoms with E-state index in [1.165, 1.54) is 0 Å². The van der Waals surface area contributed by atoms with Crippen LogP contribution in [0.4, 0.5) is 0 Å². The number of methoxy groups -OCH3 is 1. The maximum Gasteiger partial charge on any atom is 0.120 e. The predicted molar refractivity (Wildman–Crippen MR) is 79.4 cm³/mol. The summed E-state index contributed by atoms with van der Waals surface area (Å²) in [7, 11) is 1.75. The first kappa shape index (κ1) is 15.6. The Hall–Kier alpha value is -0.810. The van der Waals surface area contributed by atoms with Crippen molar-refractivity contribution in [3.8, 4) is 5.75 Å². The van der Waals surface area contributed by atoms with Crippen molar-refractivity contribution in [3.05, 3.63) is 29.3 Å². The number of ether oxygens (including phenoxy) is 2. The summed E-state index contributed by atoms with van der Waals surface area (Å²) in [5.74, 6) is 0.678. The standard InChI is InChI=1S/C15H22ClNO3/c1-19-14-6-5-12(8-14)17-9-13(18)10-20-15-4-2-3-11(16)7-15/h2-4,7,12-14,17-18H,5-6,8-10H2,1H3. The number of hydrogen-bond acceptors (Lipinski definition) is 4. The van der Waals surface area contributed by atoms with Crippen molar-refractivity contribution < 1.29 is 14.6 Å². The minimum atomic E-state index is -0.532. The Morgan fingerprint density at radius 2 is 2.30 bits per heavy atom. The van der Waals surface area contributed by atoms with Crippen LogP contribution in [0.25, 0.3) is 0 Å². The monoisotopic (exact) mass is 299 g/mol. The lowest BCUT2D eigenvalue weighted by atomic mass is 10.2. The van der Waals surface area contributed by atoms with Crippen LogP contribution < -0.4 is 10.1 Å². The van der Waals surface area contributed by atoms with Crippen molar-refractivity contribution in [1.82, 2.24) is 5.32 Å². The molecule has 5 heteroatoms. The van der Waals surface area contributed by atoms with E-state index in [2.05, 4.69) is 5.32 Å². The van der Waals surface area contributed by atoms with Crippen LogP contribution in [0.2, 0.25) is 5.02 Å². The number of benzene rings is 1. The Labute approximate surface area is 125 Å². The van der Waals surface area contributed by atoms with E-state index >= 15 is 0 Å². The molecule has 1 aliphatic carbocycles. The van der Waals surface area contributed by atoms with E-state index in [-0.39, 0.29) is 6.61 Å². The van der Waals surface area contributed by atoms with Gasteiger partial charge in [0.2, 0.25) is 0 Å². The Balaban J connectivity index is 1.64. The first-order valence-electron chi connectivity index (χ1n) is 7.00. The summed E-state index contributed by atoms with van der Waals surface area (Å²) in [5.41, 5.74) is 0. The number of rotatable bonds is 7. The topological polar surface area (TPSA) is 50.7 Å². The van der Waals surface area contributed by atoms with Crippen LogP contribution in [0, 0.1) is 0 Å². The molecule has 0 bridgehead atoms. The summed E-state index contributed by atoms with van der Waals surface area (Å²) in [4.78, 5) is 0. The average molecular weight is 300 g/mol. The second kappa shape index (κ2) is 7.84. The number of halogens is 1. The van der Waals surface area contributed by atoms with Gasteiger partial charge in [-0.1, -0.05) is 17.7 Å². The Morgan fingerprint density at radius 1 is 1.45 bits per heavy atom. The fourth-order valence-corrected chi connectivity index (χ4v) is 2.63. The zero-order chi connectivity index (χ0) is 14.4. The molecule has 0 heterocycles. The maximum atomic E-state index is 9.91. The molecule has 0 spiro atoms. The lowest BCUT2D eigenvalue weighted by Gasteiger charge is -2.17. The molecule has 1 aromatic carbocycles. The third-order valence-electron chi connectivity index (χ3n) is 3.60. The van der Waals surface area contributed by atoms with Crippen LogP contribution >= 0.6 is 11.6 Å². The molecule has 2 N–H and O–H groups in total. The van der Waals surface area contributed by atoms with Gasteiger partial charge in [-0.15, -0.1) is 0 Å². The van der Waals surface area contributed by atoms with Crippen LogP contribution in [0.1, 0.15) is 19.3 Å². The molecule has 112 valence electrons. The first-order chi connectivity index (χ1) is 9.67. The smallest absolute Gasteiger partial charge is 0.120 e. The molecule has 1 aliphatic rings. The molecule has 1 fully saturated rings. The van der Waals surface area contributed by atoms with E-state index < -0.39 is 6.10 Å². The van der Waals surface area contributed by atoms with E-state index in [1.807, 2.05) is 12.1 Å². The zero-order valence-corrected chi connectivity index (χ0v) is 12.5. The highest BCUT2D eigenvalue weighted by atomic mass is 35.5. The second-order valence-corrected chi connectivity index (χ2v) is 5.63. The highest BCUT2D eigenvalue weighted by molar-refractivity contribution is 6.30. The van der Waals surface area contributed by atoms with Gasteiger partial charge in [0.05, 0.1) is 6.10 Å². The third kappa shape index (κ3) is 4.94. The van der Waals surface area contributed by atoms with E-state index in [0.717, 1.165) is 19.3 Å². The first-order valence-corrected chi connectivity index (χ1v) is 7.37. The van der Waals surface area contributed by atoms with Crippen molar-refractivity contribution in [2.24, 2.45) is 0 Å². The molecule has 1 saturated carbocycles. The summed E-state index contributed by atoms with van der Waals surface area (Å²) in [6, 6.07) is 7.61. The quantitative estimate of drug-likeness (QED) is 0.811. The molecule has 0 aromatic heterocycles. The van der Waals surface area contributed by atoms with Crippen molar-refractivity contribution >= 4 is 11.6 Å². The van der Waals surface area contributed by atoms with Crippen molar-refractivity contribution in [1.29, 1.82) is 0 Å². The van der Waals surface area contributed by atoms with E-state index in [9.17, 15) is 5.11 Å². The van der Waals surface area contributed by atoms with Gasteiger partial charge >= 0.3 is 0 Å². The molecular weight excluding hydrogens is 278 g/mol. The Bertz CT molecular complexity index is 416. The summed E-state index contributed by atoms with van der Waals surface area (Å²) >= 11 is 5.87. The highest BCUT2D eigenvalue weighted by Crippen LogP contribution is 2.21. The lowest BCUT2D eigenvalue weighted by molar-refractivity contribution is 0.0966. The fourth-order valence-electron chi connectivity index (χ4n) is 2.45. The molecule has 2 rings (SSSR count). The lowest BCUT2D eigenvalue weighted by Crippen LogP contribution is -2.37. The summed E-state index contributed by atoms with van der Waals surface area (Å²) < 4.78 is 10.8. The number of aliphatic hydroxyl groups excluding tert-OH is 1. The van der Waals surface area contributed by atoms with Crippen LogP contribution in [-0.2, 0) is 4.74 Å². The van der Waals surface area contributed by atoms with Gasteiger partial charge in [-0.3, -0.25) is 0 Å².